The normalized spacial score (nSPS) is 11.4. The molecular formula is C53H52Cl2Zr-2. The van der Waals surface area contributed by atoms with Gasteiger partial charge < -0.3 is 24.8 Å². The fourth-order valence-electron chi connectivity index (χ4n) is 7.38. The van der Waals surface area contributed by atoms with E-state index in [1.54, 1.807) is 0 Å². The molecular weight excluding hydrogens is 799 g/mol. The summed E-state index contributed by atoms with van der Waals surface area (Å²) in [6, 6.07) is 64.3. The molecule has 284 valence electrons. The first-order chi connectivity index (χ1) is 26.0. The molecule has 0 fully saturated rings. The maximum Gasteiger partial charge on any atom is -0.172 e. The van der Waals surface area contributed by atoms with Crippen molar-refractivity contribution in [1.82, 2.24) is 0 Å². The van der Waals surface area contributed by atoms with Crippen molar-refractivity contribution in [2.45, 2.75) is 71.1 Å². The Bertz CT molecular complexity index is 2070. The van der Waals surface area contributed by atoms with Crippen molar-refractivity contribution < 1.29 is 49.0 Å². The third-order valence-corrected chi connectivity index (χ3v) is 10.7. The van der Waals surface area contributed by atoms with Gasteiger partial charge in [-0.2, -0.15) is 18.2 Å². The van der Waals surface area contributed by atoms with Gasteiger partial charge >= 0.3 is 112 Å². The molecule has 1 aliphatic rings. The number of fused-ring (bicyclic) bond motifs is 3. The van der Waals surface area contributed by atoms with Crippen LogP contribution in [0.5, 0.6) is 0 Å². The summed E-state index contributed by atoms with van der Waals surface area (Å²) in [7, 11) is 0. The van der Waals surface area contributed by atoms with Crippen molar-refractivity contribution >= 4 is 3.71 Å². The van der Waals surface area contributed by atoms with Gasteiger partial charge in [0.2, 0.25) is 0 Å². The minimum absolute atomic E-state index is 0. The molecule has 0 atom stereocenters. The summed E-state index contributed by atoms with van der Waals surface area (Å²) in [6.07, 6.45) is 2.07. The van der Waals surface area contributed by atoms with Gasteiger partial charge in [-0.25, -0.2) is 12.1 Å². The van der Waals surface area contributed by atoms with Gasteiger partial charge in [0.05, 0.1) is 0 Å². The molecule has 0 heterocycles. The number of benzene rings is 6. The van der Waals surface area contributed by atoms with Crippen LogP contribution in [0, 0.1) is 6.07 Å². The van der Waals surface area contributed by atoms with E-state index in [4.69, 9.17) is 0 Å². The van der Waals surface area contributed by atoms with Crippen molar-refractivity contribution in [3.05, 3.63) is 209 Å². The standard InChI is InChI=1S/C33H33.C15H14.C5H5.2ClH.Zr/c1-32(2,3)30-20-26-24(18-28(30)22-13-9-7-10-14-22)17-25-19-29(23-15-11-8-12-16-23)31(21-27(25)26)33(4,5)6;1-2-15(13-9-5-3-6-10-13)14-11-7-4-8-12-14;1-2-4-5-3-1;;;/h7-16,18,20-21H,17H2,1-6H3;1,3-12,15H,2H2;1-5H;2*1H;/q-1;;-1;;;+2/p-2. The average molecular weight is 851 g/mol. The van der Waals surface area contributed by atoms with Gasteiger partial charge in [-0.15, -0.1) is 28.8 Å². The molecule has 0 unspecified atom stereocenters. The van der Waals surface area contributed by atoms with Crippen LogP contribution in [0.25, 0.3) is 33.4 Å². The summed E-state index contributed by atoms with van der Waals surface area (Å²) in [4.78, 5) is 0. The summed E-state index contributed by atoms with van der Waals surface area (Å²) < 4.78 is 2.33. The van der Waals surface area contributed by atoms with Gasteiger partial charge in [0.15, 0.2) is 0 Å². The van der Waals surface area contributed by atoms with Gasteiger partial charge in [0, 0.05) is 0 Å². The molecule has 0 saturated carbocycles. The molecule has 7 aromatic carbocycles. The predicted octanol–water partition coefficient (Wildman–Crippen LogP) is 7.96. The van der Waals surface area contributed by atoms with Crippen molar-refractivity contribution in [3.63, 3.8) is 0 Å². The summed E-state index contributed by atoms with van der Waals surface area (Å²) >= 11 is 1.50. The Morgan fingerprint density at radius 2 is 1.04 bits per heavy atom. The molecule has 7 aromatic rings. The van der Waals surface area contributed by atoms with Crippen molar-refractivity contribution in [2.75, 3.05) is 0 Å². The molecule has 0 aromatic heterocycles. The second-order valence-corrected chi connectivity index (χ2v) is 17.2. The fraction of sp³-hybridized carbons (Fsp3) is 0.208. The third kappa shape index (κ3) is 11.1. The van der Waals surface area contributed by atoms with Crippen LogP contribution in [0.15, 0.2) is 170 Å². The zero-order chi connectivity index (χ0) is 38.1. The Morgan fingerprint density at radius 3 is 1.48 bits per heavy atom. The molecule has 3 heteroatoms. The molecule has 0 nitrogen and oxygen atoms in total. The van der Waals surface area contributed by atoms with E-state index in [1.165, 1.54) is 91.0 Å². The third-order valence-electron chi connectivity index (χ3n) is 10.1. The monoisotopic (exact) mass is 848 g/mol. The molecule has 0 N–H and O–H groups in total. The molecule has 0 amide bonds. The van der Waals surface area contributed by atoms with Crippen LogP contribution in [0.4, 0.5) is 0 Å². The van der Waals surface area contributed by atoms with E-state index in [0.29, 0.717) is 5.92 Å². The predicted molar refractivity (Wildman–Crippen MR) is 229 cm³/mol. The summed E-state index contributed by atoms with van der Waals surface area (Å²) in [5.41, 5.74) is 16.3. The molecule has 1 aliphatic carbocycles. The summed E-state index contributed by atoms with van der Waals surface area (Å²) in [5, 5.41) is 0. The smallest absolute Gasteiger partial charge is 0.172 e. The fourth-order valence-corrected chi connectivity index (χ4v) is 7.96. The van der Waals surface area contributed by atoms with Gasteiger partial charge in [0.1, 0.15) is 0 Å². The Kier molecular flexibility index (Phi) is 16.3. The van der Waals surface area contributed by atoms with E-state index in [-0.39, 0.29) is 35.6 Å². The molecule has 0 bridgehead atoms. The van der Waals surface area contributed by atoms with Crippen molar-refractivity contribution in [1.29, 1.82) is 0 Å². The Hall–Kier alpha value is -4.00. The Balaban J connectivity index is 0.000000252. The topological polar surface area (TPSA) is 0 Å². The van der Waals surface area contributed by atoms with E-state index >= 15 is 0 Å². The number of halogens is 2. The Morgan fingerprint density at radius 1 is 0.571 bits per heavy atom. The van der Waals surface area contributed by atoms with E-state index in [9.17, 15) is 0 Å². The van der Waals surface area contributed by atoms with E-state index in [2.05, 4.69) is 191 Å². The first-order valence-corrected chi connectivity index (χ1v) is 20.6. The number of hydrogen-bond acceptors (Lipinski definition) is 0. The van der Waals surface area contributed by atoms with E-state index in [1.807, 2.05) is 30.3 Å². The molecule has 0 spiro atoms. The summed E-state index contributed by atoms with van der Waals surface area (Å²) in [5.74, 6) is 0.515. The zero-order valence-corrected chi connectivity index (χ0v) is 37.5. The van der Waals surface area contributed by atoms with E-state index < -0.39 is 0 Å². The second-order valence-electron chi connectivity index (χ2n) is 16.2. The molecule has 0 saturated heterocycles. The van der Waals surface area contributed by atoms with Gasteiger partial charge in [-0.05, 0) is 39.5 Å². The quantitative estimate of drug-likeness (QED) is 0.149. The van der Waals surface area contributed by atoms with Crippen molar-refractivity contribution in [3.8, 4) is 33.4 Å². The van der Waals surface area contributed by atoms with Crippen LogP contribution in [0.1, 0.15) is 87.3 Å². The van der Waals surface area contributed by atoms with Crippen molar-refractivity contribution in [2.24, 2.45) is 0 Å². The van der Waals surface area contributed by atoms with Crippen LogP contribution in [0.3, 0.4) is 0 Å². The van der Waals surface area contributed by atoms with Gasteiger partial charge in [-0.3, -0.25) is 0 Å². The Labute approximate surface area is 364 Å². The summed E-state index contributed by atoms with van der Waals surface area (Å²) in [6.45, 7) is 13.9. The minimum atomic E-state index is 0. The molecule has 0 aliphatic heterocycles. The van der Waals surface area contributed by atoms with Crippen LogP contribution in [0.2, 0.25) is 0 Å². The second kappa shape index (κ2) is 20.4. The zero-order valence-electron chi connectivity index (χ0n) is 33.5. The minimum Gasteiger partial charge on any atom is -0.214 e. The first-order valence-electron chi connectivity index (χ1n) is 19.2. The maximum atomic E-state index is 3.88. The molecule has 8 rings (SSSR count). The van der Waals surface area contributed by atoms with Crippen LogP contribution < -0.4 is 24.8 Å². The molecule has 0 radical (unpaired) electrons. The number of hydrogen-bond donors (Lipinski definition) is 0. The van der Waals surface area contributed by atoms with Gasteiger partial charge in [-0.1, -0.05) is 131 Å². The SMILES string of the molecule is CC(C)(C)c1cc2c([c-]c1-c1ccccc1)Cc1cc(-c3ccccc3)c(C(C)(C)C)cc1-2.[Cl-].[Cl-].[Zr+2]=[CH]CC(c1ccccc1)c1ccccc1.c1cc[cH-]c1. The average Bonchev–Trinajstić information content (AvgIpc) is 3.89. The van der Waals surface area contributed by atoms with Crippen LogP contribution in [-0.2, 0) is 41.5 Å². The maximum absolute atomic E-state index is 3.88. The van der Waals surface area contributed by atoms with Gasteiger partial charge in [0.25, 0.3) is 0 Å². The number of rotatable bonds is 6. The van der Waals surface area contributed by atoms with E-state index in [0.717, 1.165) is 12.8 Å². The largest absolute Gasteiger partial charge is 0.214 e. The van der Waals surface area contributed by atoms with Crippen LogP contribution >= 0.6 is 0 Å². The molecule has 56 heavy (non-hydrogen) atoms. The van der Waals surface area contributed by atoms with Crippen LogP contribution in [-0.4, -0.2) is 3.71 Å². The first kappa shape index (κ1) is 44.7.